The Morgan fingerprint density at radius 3 is 2.16 bits per heavy atom. The first-order chi connectivity index (χ1) is 9.03. The van der Waals surface area contributed by atoms with Crippen molar-refractivity contribution in [2.45, 2.75) is 27.7 Å². The number of benzene rings is 1. The van der Waals surface area contributed by atoms with Crippen molar-refractivity contribution < 1.29 is 14.3 Å². The molecule has 0 unspecified atom stereocenters. The van der Waals surface area contributed by atoms with E-state index in [2.05, 4.69) is 0 Å². The number of aryl methyl sites for hydroxylation is 2. The summed E-state index contributed by atoms with van der Waals surface area (Å²) < 4.78 is 5.61. The molecule has 104 valence electrons. The van der Waals surface area contributed by atoms with Gasteiger partial charge in [0.05, 0.1) is 0 Å². The van der Waals surface area contributed by atoms with Crippen LogP contribution >= 0.6 is 0 Å². The summed E-state index contributed by atoms with van der Waals surface area (Å²) in [5.41, 5.74) is 2.36. The highest BCUT2D eigenvalue weighted by molar-refractivity contribution is 5.78. The average molecular weight is 263 g/mol. The molecule has 0 atom stereocenters. The van der Waals surface area contributed by atoms with Crippen molar-refractivity contribution in [1.82, 2.24) is 4.90 Å². The molecular formula is C15H21NO3. The lowest BCUT2D eigenvalue weighted by Crippen LogP contribution is -2.34. The number of hydrogen-bond acceptors (Lipinski definition) is 3. The van der Waals surface area contributed by atoms with Gasteiger partial charge in [-0.15, -0.1) is 0 Å². The van der Waals surface area contributed by atoms with E-state index in [1.54, 1.807) is 17.0 Å². The summed E-state index contributed by atoms with van der Waals surface area (Å²) in [7, 11) is 0. The fraction of sp³-hybridized carbons (Fsp3) is 0.467. The first kappa shape index (κ1) is 15.2. The second kappa shape index (κ2) is 6.92. The molecule has 0 aliphatic carbocycles. The largest absolute Gasteiger partial charge is 0.483 e. The number of carbonyl (C=O) groups is 2. The maximum atomic E-state index is 11.9. The van der Waals surface area contributed by atoms with E-state index >= 15 is 0 Å². The highest BCUT2D eigenvalue weighted by Gasteiger charge is 2.12. The van der Waals surface area contributed by atoms with Gasteiger partial charge in [0.1, 0.15) is 12.0 Å². The van der Waals surface area contributed by atoms with Crippen molar-refractivity contribution in [3.8, 4) is 5.75 Å². The number of rotatable bonds is 6. The molecule has 0 fully saturated rings. The van der Waals surface area contributed by atoms with E-state index in [4.69, 9.17) is 4.74 Å². The highest BCUT2D eigenvalue weighted by Crippen LogP contribution is 2.24. The molecule has 19 heavy (non-hydrogen) atoms. The van der Waals surface area contributed by atoms with Crippen LogP contribution in [0.25, 0.3) is 0 Å². The molecule has 0 aromatic heterocycles. The molecule has 0 N–H and O–H groups in total. The van der Waals surface area contributed by atoms with Gasteiger partial charge >= 0.3 is 0 Å². The number of nitrogens with zero attached hydrogens (tertiary/aromatic N) is 1. The molecule has 1 rings (SSSR count). The van der Waals surface area contributed by atoms with Gasteiger partial charge in [-0.25, -0.2) is 0 Å². The van der Waals surface area contributed by atoms with Crippen LogP contribution < -0.4 is 4.74 Å². The Kier molecular flexibility index (Phi) is 5.55. The number of ether oxygens (including phenoxy) is 1. The average Bonchev–Trinajstić information content (AvgIpc) is 2.38. The summed E-state index contributed by atoms with van der Waals surface area (Å²) in [6.45, 7) is 9.02. The maximum absolute atomic E-state index is 11.9. The second-order valence-corrected chi connectivity index (χ2v) is 4.46. The minimum atomic E-state index is -0.0248. The number of amides is 1. The van der Waals surface area contributed by atoms with E-state index < -0.39 is 0 Å². The van der Waals surface area contributed by atoms with Crippen molar-refractivity contribution >= 4 is 12.2 Å². The van der Waals surface area contributed by atoms with Crippen LogP contribution in [0.3, 0.4) is 0 Å². The van der Waals surface area contributed by atoms with Gasteiger partial charge in [-0.3, -0.25) is 9.59 Å². The van der Waals surface area contributed by atoms with E-state index in [-0.39, 0.29) is 12.5 Å². The number of carbonyl (C=O) groups excluding carboxylic acids is 2. The van der Waals surface area contributed by atoms with E-state index in [1.165, 1.54) is 0 Å². The minimum Gasteiger partial charge on any atom is -0.483 e. The SMILES string of the molecule is CCN(CC)C(=O)COc1c(C)cc(C=O)cc1C. The quantitative estimate of drug-likeness (QED) is 0.740. The van der Waals surface area contributed by atoms with E-state index in [1.807, 2.05) is 27.7 Å². The molecule has 1 amide bonds. The third-order valence-electron chi connectivity index (χ3n) is 3.07. The van der Waals surface area contributed by atoms with E-state index in [9.17, 15) is 9.59 Å². The Bertz CT molecular complexity index is 441. The third kappa shape index (κ3) is 3.81. The Hall–Kier alpha value is -1.84. The van der Waals surface area contributed by atoms with Crippen molar-refractivity contribution in [2.75, 3.05) is 19.7 Å². The first-order valence-electron chi connectivity index (χ1n) is 6.50. The van der Waals surface area contributed by atoms with Gasteiger partial charge in [-0.2, -0.15) is 0 Å². The van der Waals surface area contributed by atoms with Gasteiger partial charge in [0, 0.05) is 18.7 Å². The Balaban J connectivity index is 2.78. The lowest BCUT2D eigenvalue weighted by atomic mass is 10.1. The number of hydrogen-bond donors (Lipinski definition) is 0. The standard InChI is InChI=1S/C15H21NO3/c1-5-16(6-2)14(18)10-19-15-11(3)7-13(9-17)8-12(15)4/h7-9H,5-6,10H2,1-4H3. The summed E-state index contributed by atoms with van der Waals surface area (Å²) in [4.78, 5) is 24.3. The van der Waals surface area contributed by atoms with Gasteiger partial charge < -0.3 is 9.64 Å². The Morgan fingerprint density at radius 1 is 1.21 bits per heavy atom. The zero-order chi connectivity index (χ0) is 14.4. The molecule has 0 heterocycles. The lowest BCUT2D eigenvalue weighted by molar-refractivity contribution is -0.132. The molecule has 4 nitrogen and oxygen atoms in total. The summed E-state index contributed by atoms with van der Waals surface area (Å²) >= 11 is 0. The van der Waals surface area contributed by atoms with Crippen LogP contribution in [0.4, 0.5) is 0 Å². The Labute approximate surface area is 114 Å². The summed E-state index contributed by atoms with van der Waals surface area (Å²) in [6.07, 6.45) is 0.810. The predicted molar refractivity (Wildman–Crippen MR) is 74.7 cm³/mol. The smallest absolute Gasteiger partial charge is 0.260 e. The molecule has 0 saturated carbocycles. The molecule has 0 saturated heterocycles. The van der Waals surface area contributed by atoms with Crippen molar-refractivity contribution in [1.29, 1.82) is 0 Å². The third-order valence-corrected chi connectivity index (χ3v) is 3.07. The molecule has 0 bridgehead atoms. The van der Waals surface area contributed by atoms with Crippen LogP contribution in [0.1, 0.15) is 35.3 Å². The van der Waals surface area contributed by atoms with Crippen LogP contribution in [0, 0.1) is 13.8 Å². The van der Waals surface area contributed by atoms with E-state index in [0.29, 0.717) is 24.4 Å². The van der Waals surface area contributed by atoms with E-state index in [0.717, 1.165) is 17.4 Å². The normalized spacial score (nSPS) is 10.1. The zero-order valence-electron chi connectivity index (χ0n) is 12.0. The van der Waals surface area contributed by atoms with Gasteiger partial charge in [0.25, 0.3) is 5.91 Å². The predicted octanol–water partition coefficient (Wildman–Crippen LogP) is 2.36. The highest BCUT2D eigenvalue weighted by atomic mass is 16.5. The lowest BCUT2D eigenvalue weighted by Gasteiger charge is -2.19. The van der Waals surface area contributed by atoms with Crippen LogP contribution in [0.2, 0.25) is 0 Å². The molecule has 0 radical (unpaired) electrons. The molecule has 1 aromatic carbocycles. The summed E-state index contributed by atoms with van der Waals surface area (Å²) in [6, 6.07) is 3.52. The van der Waals surface area contributed by atoms with Crippen LogP contribution in [-0.4, -0.2) is 36.8 Å². The van der Waals surface area contributed by atoms with Crippen molar-refractivity contribution in [3.05, 3.63) is 28.8 Å². The van der Waals surface area contributed by atoms with Crippen molar-refractivity contribution in [3.63, 3.8) is 0 Å². The molecule has 4 heteroatoms. The minimum absolute atomic E-state index is 0.0248. The second-order valence-electron chi connectivity index (χ2n) is 4.46. The molecular weight excluding hydrogens is 242 g/mol. The monoisotopic (exact) mass is 263 g/mol. The summed E-state index contributed by atoms with van der Waals surface area (Å²) in [5.74, 6) is 0.661. The zero-order valence-corrected chi connectivity index (χ0v) is 12.0. The Morgan fingerprint density at radius 2 is 1.74 bits per heavy atom. The van der Waals surface area contributed by atoms with Crippen LogP contribution in [0.15, 0.2) is 12.1 Å². The number of likely N-dealkylation sites (N-methyl/N-ethyl adjacent to an activating group) is 1. The van der Waals surface area contributed by atoms with Crippen LogP contribution in [0.5, 0.6) is 5.75 Å². The van der Waals surface area contributed by atoms with Gasteiger partial charge in [0.15, 0.2) is 6.61 Å². The molecule has 0 aliphatic rings. The topological polar surface area (TPSA) is 46.6 Å². The first-order valence-corrected chi connectivity index (χ1v) is 6.50. The maximum Gasteiger partial charge on any atom is 0.260 e. The molecule has 1 aromatic rings. The van der Waals surface area contributed by atoms with Crippen molar-refractivity contribution in [2.24, 2.45) is 0 Å². The number of aldehydes is 1. The fourth-order valence-corrected chi connectivity index (χ4v) is 2.08. The van der Waals surface area contributed by atoms with Gasteiger partial charge in [-0.05, 0) is 51.0 Å². The van der Waals surface area contributed by atoms with Gasteiger partial charge in [0.2, 0.25) is 0 Å². The fourth-order valence-electron chi connectivity index (χ4n) is 2.08. The molecule has 0 spiro atoms. The molecule has 0 aliphatic heterocycles. The van der Waals surface area contributed by atoms with Gasteiger partial charge in [-0.1, -0.05) is 0 Å². The van der Waals surface area contributed by atoms with Crippen LogP contribution in [-0.2, 0) is 4.79 Å². The summed E-state index contributed by atoms with van der Waals surface area (Å²) in [5, 5.41) is 0.